The summed E-state index contributed by atoms with van der Waals surface area (Å²) in [5, 5.41) is 0. The summed E-state index contributed by atoms with van der Waals surface area (Å²) in [6, 6.07) is 0. The maximum atomic E-state index is 2.48. The molecular formula is C18H26. The number of fused-ring (bicyclic) bond motifs is 5. The van der Waals surface area contributed by atoms with E-state index in [9.17, 15) is 0 Å². The van der Waals surface area contributed by atoms with Gasteiger partial charge in [0.2, 0.25) is 0 Å². The van der Waals surface area contributed by atoms with Gasteiger partial charge in [0, 0.05) is 5.41 Å². The fourth-order valence-corrected chi connectivity index (χ4v) is 5.76. The highest BCUT2D eigenvalue weighted by Gasteiger charge is 2.48. The minimum absolute atomic E-state index is 0.447. The van der Waals surface area contributed by atoms with Gasteiger partial charge in [-0.3, -0.25) is 0 Å². The molecule has 0 heterocycles. The van der Waals surface area contributed by atoms with Crippen molar-refractivity contribution in [3.63, 3.8) is 0 Å². The van der Waals surface area contributed by atoms with E-state index in [0.29, 0.717) is 5.41 Å². The van der Waals surface area contributed by atoms with Crippen LogP contribution in [0.4, 0.5) is 0 Å². The second-order valence-corrected chi connectivity index (χ2v) is 7.49. The average molecular weight is 242 g/mol. The van der Waals surface area contributed by atoms with Crippen LogP contribution in [0.2, 0.25) is 0 Å². The summed E-state index contributed by atoms with van der Waals surface area (Å²) < 4.78 is 0. The Hall–Kier alpha value is -0.520. The normalized spacial score (nSPS) is 50.2. The minimum Gasteiger partial charge on any atom is -0.0745 e. The molecule has 0 amide bonds. The molecule has 0 spiro atoms. The van der Waals surface area contributed by atoms with Gasteiger partial charge in [0.25, 0.3) is 0 Å². The molecule has 0 N–H and O–H groups in total. The molecule has 0 bridgehead atoms. The molecule has 0 heteroatoms. The van der Waals surface area contributed by atoms with Gasteiger partial charge in [0.05, 0.1) is 0 Å². The van der Waals surface area contributed by atoms with Crippen LogP contribution >= 0.6 is 0 Å². The Labute approximate surface area is 112 Å². The molecule has 4 aliphatic rings. The largest absolute Gasteiger partial charge is 0.0745 e. The first-order valence-electron chi connectivity index (χ1n) is 8.18. The van der Waals surface area contributed by atoms with E-state index in [-0.39, 0.29) is 0 Å². The highest BCUT2D eigenvalue weighted by molar-refractivity contribution is 5.37. The van der Waals surface area contributed by atoms with E-state index < -0.39 is 0 Å². The summed E-state index contributed by atoms with van der Waals surface area (Å²) in [6.45, 7) is 2.48. The SMILES string of the molecule is C[C@@]12C=CC=C1[C@@H]1CCC3CCCC[C@@H]3[C@H]1CC2. The van der Waals surface area contributed by atoms with Crippen LogP contribution in [0.25, 0.3) is 0 Å². The Bertz CT molecular complexity index is 402. The molecule has 0 aromatic heterocycles. The molecule has 4 aliphatic carbocycles. The zero-order chi connectivity index (χ0) is 12.2. The van der Waals surface area contributed by atoms with E-state index >= 15 is 0 Å². The molecule has 0 nitrogen and oxygen atoms in total. The molecule has 18 heavy (non-hydrogen) atoms. The van der Waals surface area contributed by atoms with Crippen molar-refractivity contribution in [2.75, 3.05) is 0 Å². The Balaban J connectivity index is 1.63. The van der Waals surface area contributed by atoms with Gasteiger partial charge in [-0.15, -0.1) is 0 Å². The summed E-state index contributed by atoms with van der Waals surface area (Å²) in [4.78, 5) is 0. The molecule has 3 fully saturated rings. The summed E-state index contributed by atoms with van der Waals surface area (Å²) in [6.07, 6.45) is 19.3. The summed E-state index contributed by atoms with van der Waals surface area (Å²) in [5.74, 6) is 4.17. The van der Waals surface area contributed by atoms with E-state index in [0.717, 1.165) is 23.7 Å². The number of allylic oxidation sites excluding steroid dienone is 4. The molecule has 0 aromatic carbocycles. The fourth-order valence-electron chi connectivity index (χ4n) is 5.76. The number of rotatable bonds is 0. The van der Waals surface area contributed by atoms with Gasteiger partial charge in [-0.1, -0.05) is 50.0 Å². The molecule has 0 aromatic rings. The van der Waals surface area contributed by atoms with Crippen molar-refractivity contribution in [2.24, 2.45) is 29.1 Å². The van der Waals surface area contributed by atoms with Crippen LogP contribution in [0.15, 0.2) is 23.8 Å². The van der Waals surface area contributed by atoms with Crippen molar-refractivity contribution >= 4 is 0 Å². The van der Waals surface area contributed by atoms with Crippen molar-refractivity contribution in [3.05, 3.63) is 23.8 Å². The van der Waals surface area contributed by atoms with E-state index in [1.807, 2.05) is 5.57 Å². The Kier molecular flexibility index (Phi) is 2.51. The van der Waals surface area contributed by atoms with Crippen LogP contribution in [0.3, 0.4) is 0 Å². The van der Waals surface area contributed by atoms with Crippen LogP contribution in [-0.4, -0.2) is 0 Å². The lowest BCUT2D eigenvalue weighted by molar-refractivity contribution is 0.0345. The van der Waals surface area contributed by atoms with Crippen LogP contribution in [0.5, 0.6) is 0 Å². The van der Waals surface area contributed by atoms with Gasteiger partial charge in [-0.05, 0) is 55.8 Å². The molecule has 5 atom stereocenters. The van der Waals surface area contributed by atoms with E-state index in [1.54, 1.807) is 12.8 Å². The Morgan fingerprint density at radius 1 is 1.00 bits per heavy atom. The topological polar surface area (TPSA) is 0 Å². The average Bonchev–Trinajstić information content (AvgIpc) is 2.80. The van der Waals surface area contributed by atoms with E-state index in [1.165, 1.54) is 38.5 Å². The summed E-state index contributed by atoms with van der Waals surface area (Å²) in [5.41, 5.74) is 2.26. The Morgan fingerprint density at radius 3 is 2.83 bits per heavy atom. The lowest BCUT2D eigenvalue weighted by atomic mass is 9.53. The molecule has 0 saturated heterocycles. The van der Waals surface area contributed by atoms with Gasteiger partial charge in [-0.25, -0.2) is 0 Å². The van der Waals surface area contributed by atoms with E-state index in [2.05, 4.69) is 25.2 Å². The minimum atomic E-state index is 0.447. The second kappa shape index (κ2) is 3.99. The van der Waals surface area contributed by atoms with Crippen molar-refractivity contribution in [1.82, 2.24) is 0 Å². The smallest absolute Gasteiger partial charge is 0.00717 e. The molecule has 4 rings (SSSR count). The first-order valence-corrected chi connectivity index (χ1v) is 8.18. The first-order chi connectivity index (χ1) is 8.78. The summed E-state index contributed by atoms with van der Waals surface area (Å²) >= 11 is 0. The lowest BCUT2D eigenvalue weighted by Gasteiger charge is -2.52. The van der Waals surface area contributed by atoms with Crippen LogP contribution < -0.4 is 0 Å². The second-order valence-electron chi connectivity index (χ2n) is 7.49. The van der Waals surface area contributed by atoms with Crippen LogP contribution in [0, 0.1) is 29.1 Å². The molecule has 0 radical (unpaired) electrons. The predicted molar refractivity (Wildman–Crippen MR) is 76.2 cm³/mol. The predicted octanol–water partition coefficient (Wildman–Crippen LogP) is 5.12. The van der Waals surface area contributed by atoms with Crippen LogP contribution in [-0.2, 0) is 0 Å². The van der Waals surface area contributed by atoms with Crippen LogP contribution in [0.1, 0.15) is 58.3 Å². The molecule has 0 aliphatic heterocycles. The molecule has 1 unspecified atom stereocenters. The standard InChI is InChI=1S/C18H26/c1-18-11-4-7-17(18)16-9-8-13-5-2-3-6-14(13)15(16)10-12-18/h4,7,11,13-16H,2-3,5-6,8-10,12H2,1H3/t13?,14-,15+,16+,18-/m0/s1. The van der Waals surface area contributed by atoms with Gasteiger partial charge in [0.1, 0.15) is 0 Å². The Morgan fingerprint density at radius 2 is 1.89 bits per heavy atom. The zero-order valence-corrected chi connectivity index (χ0v) is 11.7. The molecule has 3 saturated carbocycles. The third-order valence-electron chi connectivity index (χ3n) is 6.68. The lowest BCUT2D eigenvalue weighted by Crippen LogP contribution is -2.43. The third-order valence-corrected chi connectivity index (χ3v) is 6.68. The van der Waals surface area contributed by atoms with Crippen molar-refractivity contribution in [2.45, 2.75) is 58.3 Å². The maximum Gasteiger partial charge on any atom is 0.00717 e. The van der Waals surface area contributed by atoms with Gasteiger partial charge >= 0.3 is 0 Å². The first kappa shape index (κ1) is 11.3. The number of hydrogen-bond acceptors (Lipinski definition) is 0. The van der Waals surface area contributed by atoms with Crippen molar-refractivity contribution < 1.29 is 0 Å². The number of hydrogen-bond donors (Lipinski definition) is 0. The van der Waals surface area contributed by atoms with Crippen molar-refractivity contribution in [1.29, 1.82) is 0 Å². The molecule has 98 valence electrons. The quantitative estimate of drug-likeness (QED) is 0.553. The van der Waals surface area contributed by atoms with Crippen molar-refractivity contribution in [3.8, 4) is 0 Å². The zero-order valence-electron chi connectivity index (χ0n) is 11.7. The fraction of sp³-hybridized carbons (Fsp3) is 0.778. The third kappa shape index (κ3) is 1.50. The highest BCUT2D eigenvalue weighted by Crippen LogP contribution is 2.58. The van der Waals surface area contributed by atoms with Gasteiger partial charge in [0.15, 0.2) is 0 Å². The summed E-state index contributed by atoms with van der Waals surface area (Å²) in [7, 11) is 0. The maximum absolute atomic E-state index is 2.48. The van der Waals surface area contributed by atoms with E-state index in [4.69, 9.17) is 0 Å². The monoisotopic (exact) mass is 242 g/mol. The van der Waals surface area contributed by atoms with Gasteiger partial charge in [-0.2, -0.15) is 0 Å². The highest BCUT2D eigenvalue weighted by atomic mass is 14.5. The molecular weight excluding hydrogens is 216 g/mol. The van der Waals surface area contributed by atoms with Gasteiger partial charge < -0.3 is 0 Å².